The van der Waals surface area contributed by atoms with Crippen LogP contribution in [-0.4, -0.2) is 32.7 Å². The minimum atomic E-state index is -3.01. The molecule has 1 N–H and O–H groups in total. The number of fused-ring (bicyclic) bond motifs is 1. The largest absolute Gasteiger partial charge is 0.493 e. The van der Waals surface area contributed by atoms with Gasteiger partial charge in [-0.25, -0.2) is 4.79 Å². The lowest BCUT2D eigenvalue weighted by molar-refractivity contribution is -0.0512. The Hall–Kier alpha value is -2.68. The van der Waals surface area contributed by atoms with Crippen molar-refractivity contribution in [2.24, 2.45) is 5.92 Å². The van der Waals surface area contributed by atoms with Gasteiger partial charge in [0, 0.05) is 10.4 Å². The summed E-state index contributed by atoms with van der Waals surface area (Å²) in [7, 11) is 2.59. The van der Waals surface area contributed by atoms with E-state index in [9.17, 15) is 18.4 Å². The minimum Gasteiger partial charge on any atom is -0.493 e. The Morgan fingerprint density at radius 3 is 2.66 bits per heavy atom. The smallest absolute Gasteiger partial charge is 0.387 e. The topological polar surface area (TPSA) is 73.9 Å². The maximum atomic E-state index is 12.8. The van der Waals surface area contributed by atoms with Crippen LogP contribution in [0.1, 0.15) is 44.5 Å². The highest BCUT2D eigenvalue weighted by molar-refractivity contribution is 7.17. The summed E-state index contributed by atoms with van der Waals surface area (Å²) < 4.78 is 39.3. The molecular formula is C20H21F2NO5S. The SMILES string of the molecule is COC(=O)c1c(NC(=O)c2ccc(OC(F)F)c(OC)c2)sc2c1CCC(C)C2. The summed E-state index contributed by atoms with van der Waals surface area (Å²) >= 11 is 1.37. The van der Waals surface area contributed by atoms with E-state index in [1.54, 1.807) is 0 Å². The van der Waals surface area contributed by atoms with Crippen LogP contribution >= 0.6 is 11.3 Å². The fourth-order valence-electron chi connectivity index (χ4n) is 3.33. The van der Waals surface area contributed by atoms with Crippen molar-refractivity contribution in [2.45, 2.75) is 32.8 Å². The van der Waals surface area contributed by atoms with Gasteiger partial charge in [0.1, 0.15) is 5.00 Å². The number of benzene rings is 1. The number of hydrogen-bond donors (Lipinski definition) is 1. The normalized spacial score (nSPS) is 15.6. The molecule has 3 rings (SSSR count). The molecule has 0 radical (unpaired) electrons. The zero-order chi connectivity index (χ0) is 21.1. The number of amides is 1. The lowest BCUT2D eigenvalue weighted by atomic mass is 9.88. The van der Waals surface area contributed by atoms with E-state index in [0.717, 1.165) is 29.7 Å². The number of carbonyl (C=O) groups excluding carboxylic acids is 2. The average molecular weight is 425 g/mol. The van der Waals surface area contributed by atoms with Gasteiger partial charge in [0.05, 0.1) is 19.8 Å². The van der Waals surface area contributed by atoms with Gasteiger partial charge in [-0.2, -0.15) is 8.78 Å². The van der Waals surface area contributed by atoms with Crippen molar-refractivity contribution in [2.75, 3.05) is 19.5 Å². The van der Waals surface area contributed by atoms with E-state index in [1.165, 1.54) is 43.8 Å². The molecule has 6 nitrogen and oxygen atoms in total. The number of alkyl halides is 2. The van der Waals surface area contributed by atoms with Crippen molar-refractivity contribution in [1.29, 1.82) is 0 Å². The van der Waals surface area contributed by atoms with E-state index in [2.05, 4.69) is 17.0 Å². The number of halogens is 2. The fourth-order valence-corrected chi connectivity index (χ4v) is 4.73. The van der Waals surface area contributed by atoms with E-state index in [1.807, 2.05) is 0 Å². The molecule has 1 unspecified atom stereocenters. The van der Waals surface area contributed by atoms with Crippen LogP contribution in [0, 0.1) is 5.92 Å². The number of hydrogen-bond acceptors (Lipinski definition) is 6. The number of rotatable bonds is 6. The van der Waals surface area contributed by atoms with Crippen LogP contribution in [-0.2, 0) is 17.6 Å². The number of carbonyl (C=O) groups is 2. The number of ether oxygens (including phenoxy) is 3. The van der Waals surface area contributed by atoms with Gasteiger partial charge >= 0.3 is 12.6 Å². The van der Waals surface area contributed by atoms with Gasteiger partial charge in [0.25, 0.3) is 5.91 Å². The first-order valence-corrected chi connectivity index (χ1v) is 9.82. The van der Waals surface area contributed by atoms with Gasteiger partial charge in [0.15, 0.2) is 11.5 Å². The molecule has 156 valence electrons. The second-order valence-corrected chi connectivity index (χ2v) is 7.85. The summed E-state index contributed by atoms with van der Waals surface area (Å²) in [5.41, 5.74) is 1.49. The molecule has 0 bridgehead atoms. The van der Waals surface area contributed by atoms with Gasteiger partial charge < -0.3 is 19.5 Å². The molecule has 1 aromatic carbocycles. The highest BCUT2D eigenvalue weighted by Gasteiger charge is 2.29. The Labute approximate surface area is 170 Å². The van der Waals surface area contributed by atoms with Gasteiger partial charge in [0.2, 0.25) is 0 Å². The maximum Gasteiger partial charge on any atom is 0.387 e. The van der Waals surface area contributed by atoms with Gasteiger partial charge in [-0.1, -0.05) is 6.92 Å². The molecule has 0 saturated carbocycles. The Bertz CT molecular complexity index is 928. The monoisotopic (exact) mass is 425 g/mol. The van der Waals surface area contributed by atoms with Crippen molar-refractivity contribution in [3.63, 3.8) is 0 Å². The Morgan fingerprint density at radius 2 is 2.00 bits per heavy atom. The average Bonchev–Trinajstić information content (AvgIpc) is 3.03. The molecule has 9 heteroatoms. The second-order valence-electron chi connectivity index (χ2n) is 6.75. The summed E-state index contributed by atoms with van der Waals surface area (Å²) in [5.74, 6) is -0.656. The third-order valence-electron chi connectivity index (χ3n) is 4.77. The van der Waals surface area contributed by atoms with Gasteiger partial charge in [-0.3, -0.25) is 4.79 Å². The molecule has 1 amide bonds. The first kappa shape index (κ1) is 21.0. The number of nitrogens with one attached hydrogen (secondary N) is 1. The van der Waals surface area contributed by atoms with Gasteiger partial charge in [-0.05, 0) is 48.9 Å². The van der Waals surface area contributed by atoms with Crippen molar-refractivity contribution in [1.82, 2.24) is 0 Å². The predicted molar refractivity (Wildman–Crippen MR) is 104 cm³/mol. The van der Waals surface area contributed by atoms with E-state index >= 15 is 0 Å². The van der Waals surface area contributed by atoms with E-state index in [0.29, 0.717) is 16.5 Å². The van der Waals surface area contributed by atoms with Crippen LogP contribution in [0.3, 0.4) is 0 Å². The predicted octanol–water partition coefficient (Wildman–Crippen LogP) is 4.52. The lowest BCUT2D eigenvalue weighted by Gasteiger charge is -2.18. The molecule has 2 aromatic rings. The molecule has 0 spiro atoms. The van der Waals surface area contributed by atoms with E-state index < -0.39 is 18.5 Å². The zero-order valence-corrected chi connectivity index (χ0v) is 17.0. The van der Waals surface area contributed by atoms with E-state index in [-0.39, 0.29) is 17.1 Å². The van der Waals surface area contributed by atoms with Crippen molar-refractivity contribution in [3.8, 4) is 11.5 Å². The third kappa shape index (κ3) is 4.50. The molecule has 1 aliphatic carbocycles. The molecule has 1 heterocycles. The van der Waals surface area contributed by atoms with Crippen LogP contribution in [0.15, 0.2) is 18.2 Å². The Morgan fingerprint density at radius 1 is 1.24 bits per heavy atom. The van der Waals surface area contributed by atoms with Crippen molar-refractivity contribution in [3.05, 3.63) is 39.8 Å². The number of methoxy groups -OCH3 is 2. The van der Waals surface area contributed by atoms with Crippen molar-refractivity contribution >= 4 is 28.2 Å². The van der Waals surface area contributed by atoms with Crippen LogP contribution in [0.25, 0.3) is 0 Å². The standard InChI is InChI=1S/C20H21F2NO5S/c1-10-4-6-12-15(8-10)29-18(16(12)19(25)27-3)23-17(24)11-5-7-13(28-20(21)22)14(9-11)26-2/h5,7,9-10,20H,4,6,8H2,1-3H3,(H,23,24). The van der Waals surface area contributed by atoms with Crippen molar-refractivity contribution < 1.29 is 32.6 Å². The van der Waals surface area contributed by atoms with Crippen LogP contribution < -0.4 is 14.8 Å². The Kier molecular flexibility index (Phi) is 6.36. The van der Waals surface area contributed by atoms with Gasteiger partial charge in [-0.15, -0.1) is 11.3 Å². The minimum absolute atomic E-state index is 0.00504. The van der Waals surface area contributed by atoms with Crippen LogP contribution in [0.2, 0.25) is 0 Å². The molecule has 0 fully saturated rings. The molecule has 29 heavy (non-hydrogen) atoms. The number of anilines is 1. The zero-order valence-electron chi connectivity index (χ0n) is 16.2. The van der Waals surface area contributed by atoms with E-state index in [4.69, 9.17) is 9.47 Å². The third-order valence-corrected chi connectivity index (χ3v) is 5.94. The molecule has 0 aliphatic heterocycles. The second kappa shape index (κ2) is 8.77. The quantitative estimate of drug-likeness (QED) is 0.689. The first-order chi connectivity index (χ1) is 13.8. The highest BCUT2D eigenvalue weighted by Crippen LogP contribution is 2.40. The Balaban J connectivity index is 1.90. The first-order valence-electron chi connectivity index (χ1n) is 9.01. The highest BCUT2D eigenvalue weighted by atomic mass is 32.1. The molecule has 1 aliphatic rings. The van der Waals surface area contributed by atoms with Crippen LogP contribution in [0.5, 0.6) is 11.5 Å². The summed E-state index contributed by atoms with van der Waals surface area (Å²) in [6.07, 6.45) is 2.55. The fraction of sp³-hybridized carbons (Fsp3) is 0.400. The molecule has 1 atom stereocenters. The number of thiophene rings is 1. The lowest BCUT2D eigenvalue weighted by Crippen LogP contribution is -2.16. The number of esters is 1. The molecular weight excluding hydrogens is 404 g/mol. The maximum absolute atomic E-state index is 12.8. The molecule has 1 aromatic heterocycles. The summed E-state index contributed by atoms with van der Waals surface area (Å²) in [6.45, 7) is -0.861. The van der Waals surface area contributed by atoms with Crippen LogP contribution in [0.4, 0.5) is 13.8 Å². The molecule has 0 saturated heterocycles. The summed E-state index contributed by atoms with van der Waals surface area (Å²) in [6, 6.07) is 3.89. The summed E-state index contributed by atoms with van der Waals surface area (Å²) in [5, 5.41) is 3.18. The summed E-state index contributed by atoms with van der Waals surface area (Å²) in [4.78, 5) is 26.2.